The van der Waals surface area contributed by atoms with E-state index < -0.39 is 10.0 Å². The fourth-order valence-electron chi connectivity index (χ4n) is 3.17. The predicted octanol–water partition coefficient (Wildman–Crippen LogP) is 4.25. The monoisotopic (exact) mass is 477 g/mol. The number of ether oxygens (including phenoxy) is 1. The lowest BCUT2D eigenvalue weighted by Crippen LogP contribution is -2.35. The van der Waals surface area contributed by atoms with Crippen LogP contribution >= 0.6 is 15.9 Å². The van der Waals surface area contributed by atoms with Crippen LogP contribution in [0.2, 0.25) is 0 Å². The van der Waals surface area contributed by atoms with Crippen molar-refractivity contribution in [3.8, 4) is 17.1 Å². The standard InChI is InChI=1S/C20H20BrN3O4S/c21-16-6-4-5-15(13-16)20-22-19(28-23-20)14-27-17-7-9-18(10-8-17)29(25,26)24-11-2-1-3-12-24/h4-10,13H,1-3,11-12,14H2. The van der Waals surface area contributed by atoms with Crippen molar-refractivity contribution in [3.05, 3.63) is 58.9 Å². The summed E-state index contributed by atoms with van der Waals surface area (Å²) < 4.78 is 38.8. The Bertz CT molecular complexity index is 1080. The van der Waals surface area contributed by atoms with Gasteiger partial charge in [-0.1, -0.05) is 39.6 Å². The van der Waals surface area contributed by atoms with Gasteiger partial charge in [0.25, 0.3) is 5.89 Å². The van der Waals surface area contributed by atoms with E-state index in [4.69, 9.17) is 9.26 Å². The van der Waals surface area contributed by atoms with Gasteiger partial charge in [0.05, 0.1) is 4.90 Å². The summed E-state index contributed by atoms with van der Waals surface area (Å²) in [6.45, 7) is 1.26. The maximum atomic E-state index is 12.7. The summed E-state index contributed by atoms with van der Waals surface area (Å²) in [6, 6.07) is 14.0. The number of halogens is 1. The molecule has 0 radical (unpaired) electrons. The van der Waals surface area contributed by atoms with Crippen molar-refractivity contribution < 1.29 is 17.7 Å². The van der Waals surface area contributed by atoms with Crippen LogP contribution in [-0.2, 0) is 16.6 Å². The molecule has 9 heteroatoms. The van der Waals surface area contributed by atoms with Gasteiger partial charge in [-0.05, 0) is 49.2 Å². The SMILES string of the molecule is O=S(=O)(c1ccc(OCc2nc(-c3cccc(Br)c3)no2)cc1)N1CCCCC1. The number of hydrogen-bond acceptors (Lipinski definition) is 6. The Kier molecular flexibility index (Phi) is 5.98. The first-order valence-electron chi connectivity index (χ1n) is 9.34. The Morgan fingerprint density at radius 2 is 1.83 bits per heavy atom. The Morgan fingerprint density at radius 1 is 1.07 bits per heavy atom. The van der Waals surface area contributed by atoms with Crippen LogP contribution in [0.1, 0.15) is 25.2 Å². The van der Waals surface area contributed by atoms with Crippen molar-refractivity contribution in [3.63, 3.8) is 0 Å². The van der Waals surface area contributed by atoms with Crippen LogP contribution in [0.5, 0.6) is 5.75 Å². The molecule has 0 spiro atoms. The lowest BCUT2D eigenvalue weighted by atomic mass is 10.2. The number of aromatic nitrogens is 2. The van der Waals surface area contributed by atoms with Gasteiger partial charge in [-0.15, -0.1) is 0 Å². The van der Waals surface area contributed by atoms with E-state index in [0.717, 1.165) is 29.3 Å². The predicted molar refractivity (Wildman–Crippen MR) is 111 cm³/mol. The molecule has 3 aromatic rings. The quantitative estimate of drug-likeness (QED) is 0.527. The third-order valence-corrected chi connectivity index (χ3v) is 7.10. The normalized spacial score (nSPS) is 15.3. The Balaban J connectivity index is 1.40. The number of sulfonamides is 1. The van der Waals surface area contributed by atoms with Gasteiger partial charge in [0.2, 0.25) is 15.8 Å². The second-order valence-corrected chi connectivity index (χ2v) is 9.60. The highest BCUT2D eigenvalue weighted by Gasteiger charge is 2.25. The molecule has 1 fully saturated rings. The molecule has 1 aliphatic rings. The van der Waals surface area contributed by atoms with Gasteiger partial charge in [0.15, 0.2) is 6.61 Å². The smallest absolute Gasteiger partial charge is 0.264 e. The average molecular weight is 478 g/mol. The minimum Gasteiger partial charge on any atom is -0.484 e. The lowest BCUT2D eigenvalue weighted by Gasteiger charge is -2.25. The summed E-state index contributed by atoms with van der Waals surface area (Å²) in [5.41, 5.74) is 0.835. The van der Waals surface area contributed by atoms with Crippen molar-refractivity contribution >= 4 is 26.0 Å². The van der Waals surface area contributed by atoms with Crippen molar-refractivity contribution in [2.45, 2.75) is 30.8 Å². The van der Waals surface area contributed by atoms with E-state index in [9.17, 15) is 8.42 Å². The summed E-state index contributed by atoms with van der Waals surface area (Å²) in [7, 11) is -3.44. The Hall–Kier alpha value is -2.23. The molecule has 1 saturated heterocycles. The van der Waals surface area contributed by atoms with Crippen molar-refractivity contribution in [1.82, 2.24) is 14.4 Å². The molecule has 0 saturated carbocycles. The summed E-state index contributed by atoms with van der Waals surface area (Å²) in [6.07, 6.45) is 2.90. The topological polar surface area (TPSA) is 85.5 Å². The summed E-state index contributed by atoms with van der Waals surface area (Å²) >= 11 is 3.42. The Labute approximate surface area is 177 Å². The van der Waals surface area contributed by atoms with Crippen LogP contribution in [0.4, 0.5) is 0 Å². The average Bonchev–Trinajstić information content (AvgIpc) is 3.22. The first kappa shape index (κ1) is 20.1. The molecule has 0 unspecified atom stereocenters. The molecule has 1 aromatic heterocycles. The molecule has 152 valence electrons. The van der Waals surface area contributed by atoms with E-state index >= 15 is 0 Å². The third-order valence-electron chi connectivity index (χ3n) is 4.69. The van der Waals surface area contributed by atoms with Crippen LogP contribution in [0.25, 0.3) is 11.4 Å². The highest BCUT2D eigenvalue weighted by Crippen LogP contribution is 2.24. The second-order valence-electron chi connectivity index (χ2n) is 6.75. The molecule has 4 rings (SSSR count). The third kappa shape index (κ3) is 4.68. The molecule has 0 aliphatic carbocycles. The molecule has 0 atom stereocenters. The molecule has 0 bridgehead atoms. The van der Waals surface area contributed by atoms with Crippen LogP contribution < -0.4 is 4.74 Å². The zero-order valence-corrected chi connectivity index (χ0v) is 18.0. The van der Waals surface area contributed by atoms with Crippen molar-refractivity contribution in [2.75, 3.05) is 13.1 Å². The van der Waals surface area contributed by atoms with Crippen LogP contribution in [0.15, 0.2) is 62.4 Å². The van der Waals surface area contributed by atoms with E-state index in [-0.39, 0.29) is 11.5 Å². The van der Waals surface area contributed by atoms with E-state index in [1.54, 1.807) is 28.6 Å². The minimum absolute atomic E-state index is 0.0965. The Morgan fingerprint density at radius 3 is 2.55 bits per heavy atom. The van der Waals surface area contributed by atoms with Gasteiger partial charge < -0.3 is 9.26 Å². The number of hydrogen-bond donors (Lipinski definition) is 0. The summed E-state index contributed by atoms with van der Waals surface area (Å²) in [5.74, 6) is 1.35. The summed E-state index contributed by atoms with van der Waals surface area (Å²) in [5, 5.41) is 3.97. The van der Waals surface area contributed by atoms with E-state index in [1.807, 2.05) is 24.3 Å². The molecule has 0 N–H and O–H groups in total. The van der Waals surface area contributed by atoms with E-state index in [0.29, 0.717) is 30.6 Å². The second kappa shape index (κ2) is 8.64. The van der Waals surface area contributed by atoms with E-state index in [1.165, 1.54) is 0 Å². The van der Waals surface area contributed by atoms with Crippen LogP contribution in [-0.4, -0.2) is 36.0 Å². The number of benzene rings is 2. The molecule has 29 heavy (non-hydrogen) atoms. The zero-order chi connectivity index (χ0) is 20.3. The van der Waals surface area contributed by atoms with Gasteiger partial charge in [0, 0.05) is 23.1 Å². The highest BCUT2D eigenvalue weighted by molar-refractivity contribution is 9.10. The minimum atomic E-state index is -3.44. The van der Waals surface area contributed by atoms with Gasteiger partial charge in [0.1, 0.15) is 5.75 Å². The van der Waals surface area contributed by atoms with Crippen LogP contribution in [0, 0.1) is 0 Å². The fourth-order valence-corrected chi connectivity index (χ4v) is 5.08. The molecule has 0 amide bonds. The fraction of sp³-hybridized carbons (Fsp3) is 0.300. The van der Waals surface area contributed by atoms with Gasteiger partial charge in [-0.2, -0.15) is 9.29 Å². The molecule has 1 aliphatic heterocycles. The first-order valence-corrected chi connectivity index (χ1v) is 11.6. The van der Waals surface area contributed by atoms with Crippen molar-refractivity contribution in [1.29, 1.82) is 0 Å². The molecule has 7 nitrogen and oxygen atoms in total. The molecular formula is C20H20BrN3O4S. The maximum Gasteiger partial charge on any atom is 0.264 e. The molecule has 2 aromatic carbocycles. The largest absolute Gasteiger partial charge is 0.484 e. The van der Waals surface area contributed by atoms with Gasteiger partial charge >= 0.3 is 0 Å². The molecular weight excluding hydrogens is 458 g/mol. The zero-order valence-electron chi connectivity index (χ0n) is 15.6. The summed E-state index contributed by atoms with van der Waals surface area (Å²) in [4.78, 5) is 4.61. The lowest BCUT2D eigenvalue weighted by molar-refractivity contribution is 0.243. The van der Waals surface area contributed by atoms with Gasteiger partial charge in [-0.3, -0.25) is 0 Å². The first-order chi connectivity index (χ1) is 14.0. The maximum absolute atomic E-state index is 12.7. The van der Waals surface area contributed by atoms with Crippen molar-refractivity contribution in [2.24, 2.45) is 0 Å². The molecule has 2 heterocycles. The number of rotatable bonds is 6. The van der Waals surface area contributed by atoms with Crippen LogP contribution in [0.3, 0.4) is 0 Å². The highest BCUT2D eigenvalue weighted by atomic mass is 79.9. The number of piperidine rings is 1. The van der Waals surface area contributed by atoms with E-state index in [2.05, 4.69) is 26.1 Å². The number of nitrogens with zero attached hydrogens (tertiary/aromatic N) is 3. The van der Waals surface area contributed by atoms with Gasteiger partial charge in [-0.25, -0.2) is 8.42 Å².